The largest absolute Gasteiger partial charge is 0.342 e. The first-order chi connectivity index (χ1) is 16.5. The first kappa shape index (κ1) is 27.4. The number of rotatable bonds is 8. The Morgan fingerprint density at radius 2 is 1.89 bits per heavy atom. The molecule has 2 aromatic carbocycles. The van der Waals surface area contributed by atoms with Crippen LogP contribution in [0.3, 0.4) is 0 Å². The van der Waals surface area contributed by atoms with Crippen molar-refractivity contribution >= 4 is 68.4 Å². The Labute approximate surface area is 223 Å². The molecule has 1 aromatic heterocycles. The minimum Gasteiger partial charge on any atom is -0.342 e. The van der Waals surface area contributed by atoms with E-state index in [9.17, 15) is 18.4 Å². The zero-order valence-corrected chi connectivity index (χ0v) is 22.6. The van der Waals surface area contributed by atoms with E-state index in [4.69, 9.17) is 23.2 Å². The van der Waals surface area contributed by atoms with Crippen LogP contribution in [-0.4, -0.2) is 32.3 Å². The molecule has 0 spiro atoms. The van der Waals surface area contributed by atoms with Gasteiger partial charge in [-0.3, -0.25) is 9.59 Å². The van der Waals surface area contributed by atoms with Crippen LogP contribution >= 0.6 is 50.9 Å². The molecule has 186 valence electrons. The Balaban J connectivity index is 1.70. The predicted octanol–water partition coefficient (Wildman–Crippen LogP) is 6.02. The van der Waals surface area contributed by atoms with Crippen molar-refractivity contribution in [2.45, 2.75) is 25.0 Å². The topological polar surface area (TPSA) is 88.9 Å². The van der Waals surface area contributed by atoms with Crippen molar-refractivity contribution in [3.8, 4) is 0 Å². The summed E-state index contributed by atoms with van der Waals surface area (Å²) in [5.74, 6) is -2.24. The number of hydrogen-bond acceptors (Lipinski definition) is 5. The minimum absolute atomic E-state index is 0.0483. The Bertz CT molecular complexity index is 1250. The third-order valence-electron chi connectivity index (χ3n) is 4.88. The van der Waals surface area contributed by atoms with Crippen molar-refractivity contribution < 1.29 is 18.4 Å². The molecule has 0 aliphatic rings. The van der Waals surface area contributed by atoms with E-state index in [0.29, 0.717) is 22.1 Å². The van der Waals surface area contributed by atoms with E-state index in [0.717, 1.165) is 17.8 Å². The van der Waals surface area contributed by atoms with Gasteiger partial charge in [-0.2, -0.15) is 0 Å². The van der Waals surface area contributed by atoms with Gasteiger partial charge in [0.15, 0.2) is 16.8 Å². The molecule has 3 rings (SSSR count). The lowest BCUT2D eigenvalue weighted by atomic mass is 10.0. The van der Waals surface area contributed by atoms with Gasteiger partial charge in [0.2, 0.25) is 5.91 Å². The second-order valence-electron chi connectivity index (χ2n) is 7.80. The number of thioether (sulfide) groups is 1. The number of aromatic nitrogens is 3. The molecule has 3 aromatic rings. The van der Waals surface area contributed by atoms with Crippen molar-refractivity contribution in [3.05, 3.63) is 67.9 Å². The Morgan fingerprint density at radius 3 is 2.51 bits per heavy atom. The number of nitrogens with zero attached hydrogens (tertiary/aromatic N) is 3. The van der Waals surface area contributed by atoms with Crippen molar-refractivity contribution in [2.75, 3.05) is 11.1 Å². The SMILES string of the molecule is CC(C)[C@@H](NC(=O)c1ccc(Cl)cc1Cl)c1nnc(SCC(=O)Nc2c(F)cc(F)cc2Br)n1C. The van der Waals surface area contributed by atoms with Gasteiger partial charge in [-0.25, -0.2) is 8.78 Å². The highest BCUT2D eigenvalue weighted by molar-refractivity contribution is 9.10. The van der Waals surface area contributed by atoms with Gasteiger partial charge in [-0.15, -0.1) is 10.2 Å². The summed E-state index contributed by atoms with van der Waals surface area (Å²) in [6.45, 7) is 3.83. The predicted molar refractivity (Wildman–Crippen MR) is 136 cm³/mol. The van der Waals surface area contributed by atoms with Gasteiger partial charge in [-0.1, -0.05) is 48.8 Å². The van der Waals surface area contributed by atoms with Crippen LogP contribution in [0.25, 0.3) is 0 Å². The molecule has 2 amide bonds. The van der Waals surface area contributed by atoms with Crippen LogP contribution in [-0.2, 0) is 11.8 Å². The quantitative estimate of drug-likeness (QED) is 0.306. The normalized spacial score (nSPS) is 12.0. The summed E-state index contributed by atoms with van der Waals surface area (Å²) in [5, 5.41) is 14.7. The van der Waals surface area contributed by atoms with Crippen LogP contribution in [0.4, 0.5) is 14.5 Å². The van der Waals surface area contributed by atoms with Gasteiger partial charge in [0.05, 0.1) is 28.1 Å². The standard InChI is InChI=1S/C22H20BrCl2F2N5O2S/c1-10(2)18(29-21(34)13-5-4-11(24)6-15(13)25)20-30-31-22(32(20)3)35-9-17(33)28-19-14(23)7-12(26)8-16(19)27/h4-8,10,18H,9H2,1-3H3,(H,28,33)(H,29,34)/t18-/m1/s1. The summed E-state index contributed by atoms with van der Waals surface area (Å²) in [6, 6.07) is 5.83. The van der Waals surface area contributed by atoms with Crippen molar-refractivity contribution in [3.63, 3.8) is 0 Å². The van der Waals surface area contributed by atoms with Gasteiger partial charge < -0.3 is 15.2 Å². The third-order valence-corrected chi connectivity index (χ3v) is 7.07. The maximum absolute atomic E-state index is 14.0. The lowest BCUT2D eigenvalue weighted by Crippen LogP contribution is -2.33. The maximum Gasteiger partial charge on any atom is 0.253 e. The summed E-state index contributed by atoms with van der Waals surface area (Å²) < 4.78 is 29.0. The van der Waals surface area contributed by atoms with E-state index in [-0.39, 0.29) is 32.4 Å². The van der Waals surface area contributed by atoms with Gasteiger partial charge >= 0.3 is 0 Å². The third kappa shape index (κ3) is 6.72. The maximum atomic E-state index is 14.0. The summed E-state index contributed by atoms with van der Waals surface area (Å²) in [7, 11) is 1.71. The number of benzene rings is 2. The molecular weight excluding hydrogens is 587 g/mol. The molecule has 0 bridgehead atoms. The molecule has 0 fully saturated rings. The fraction of sp³-hybridized carbons (Fsp3) is 0.273. The van der Waals surface area contributed by atoms with E-state index < -0.39 is 29.5 Å². The van der Waals surface area contributed by atoms with Gasteiger partial charge in [0, 0.05) is 22.6 Å². The highest BCUT2D eigenvalue weighted by Gasteiger charge is 2.26. The highest BCUT2D eigenvalue weighted by Crippen LogP contribution is 2.29. The molecule has 13 heteroatoms. The average molecular weight is 607 g/mol. The summed E-state index contributed by atoms with van der Waals surface area (Å²) in [6.07, 6.45) is 0. The Kier molecular flexibility index (Phi) is 9.14. The first-order valence-electron chi connectivity index (χ1n) is 10.2. The number of carbonyl (C=O) groups is 2. The van der Waals surface area contributed by atoms with Crippen molar-refractivity contribution in [1.29, 1.82) is 0 Å². The van der Waals surface area contributed by atoms with Gasteiger partial charge in [0.25, 0.3) is 5.91 Å². The molecule has 1 heterocycles. The number of carbonyl (C=O) groups excluding carboxylic acids is 2. The smallest absolute Gasteiger partial charge is 0.253 e. The molecular formula is C22H20BrCl2F2N5O2S. The summed E-state index contributed by atoms with van der Waals surface area (Å²) in [4.78, 5) is 25.2. The van der Waals surface area contributed by atoms with E-state index in [2.05, 4.69) is 36.8 Å². The average Bonchev–Trinajstić information content (AvgIpc) is 3.12. The van der Waals surface area contributed by atoms with Gasteiger partial charge in [0.1, 0.15) is 5.82 Å². The van der Waals surface area contributed by atoms with E-state index in [1.165, 1.54) is 12.1 Å². The van der Waals surface area contributed by atoms with Crippen LogP contribution in [0.1, 0.15) is 36.1 Å². The zero-order chi connectivity index (χ0) is 25.9. The number of halogens is 5. The highest BCUT2D eigenvalue weighted by atomic mass is 79.9. The first-order valence-corrected chi connectivity index (χ1v) is 12.7. The van der Waals surface area contributed by atoms with E-state index in [1.807, 2.05) is 13.8 Å². The zero-order valence-electron chi connectivity index (χ0n) is 18.7. The molecule has 7 nitrogen and oxygen atoms in total. The monoisotopic (exact) mass is 605 g/mol. The molecule has 2 N–H and O–H groups in total. The van der Waals surface area contributed by atoms with E-state index in [1.54, 1.807) is 17.7 Å². The molecule has 0 unspecified atom stereocenters. The van der Waals surface area contributed by atoms with Crippen LogP contribution < -0.4 is 10.6 Å². The lowest BCUT2D eigenvalue weighted by Gasteiger charge is -2.22. The number of nitrogens with one attached hydrogen (secondary N) is 2. The van der Waals surface area contributed by atoms with Crippen LogP contribution in [0.5, 0.6) is 0 Å². The van der Waals surface area contributed by atoms with Crippen LogP contribution in [0.15, 0.2) is 40.0 Å². The fourth-order valence-corrected chi connectivity index (χ4v) is 4.83. The summed E-state index contributed by atoms with van der Waals surface area (Å²) >= 11 is 16.2. The Hall–Kier alpha value is -2.21. The molecule has 0 saturated carbocycles. The molecule has 0 saturated heterocycles. The second kappa shape index (κ2) is 11.7. The van der Waals surface area contributed by atoms with Crippen molar-refractivity contribution in [2.24, 2.45) is 13.0 Å². The fourth-order valence-electron chi connectivity index (χ4n) is 3.11. The van der Waals surface area contributed by atoms with Crippen LogP contribution in [0, 0.1) is 17.6 Å². The van der Waals surface area contributed by atoms with E-state index >= 15 is 0 Å². The molecule has 35 heavy (non-hydrogen) atoms. The second-order valence-corrected chi connectivity index (χ2v) is 10.4. The van der Waals surface area contributed by atoms with Crippen molar-refractivity contribution in [1.82, 2.24) is 20.1 Å². The Morgan fingerprint density at radius 1 is 1.17 bits per heavy atom. The lowest BCUT2D eigenvalue weighted by molar-refractivity contribution is -0.113. The molecule has 0 aliphatic heterocycles. The minimum atomic E-state index is -0.896. The molecule has 0 aliphatic carbocycles. The van der Waals surface area contributed by atoms with Gasteiger partial charge in [-0.05, 0) is 46.1 Å². The van der Waals surface area contributed by atoms with Crippen LogP contribution in [0.2, 0.25) is 10.0 Å². The summed E-state index contributed by atoms with van der Waals surface area (Å²) in [5.41, 5.74) is 0.119. The molecule has 1 atom stereocenters. The number of amides is 2. The molecule has 0 radical (unpaired) electrons. The number of hydrogen-bond donors (Lipinski definition) is 2. The number of anilines is 1.